The molecule has 2 aliphatic rings. The van der Waals surface area contributed by atoms with Gasteiger partial charge in [0, 0.05) is 19.1 Å². The standard InChI is InChI=1S/C22H28N2/c1-2-7-20(8-3-1)21-12-10-19(11-13-21)17-23-14-6-9-22(18-23)24-15-4-5-16-24/h1-3,7-8,10-13,22H,4-6,9,14-18H2. The van der Waals surface area contributed by atoms with Crippen LogP contribution in [0.5, 0.6) is 0 Å². The topological polar surface area (TPSA) is 6.48 Å². The van der Waals surface area contributed by atoms with E-state index in [-0.39, 0.29) is 0 Å². The average molecular weight is 320 g/mol. The van der Waals surface area contributed by atoms with Crippen molar-refractivity contribution < 1.29 is 0 Å². The third-order valence-corrected chi connectivity index (χ3v) is 5.60. The first-order valence-electron chi connectivity index (χ1n) is 9.49. The fraction of sp³-hybridized carbons (Fsp3) is 0.455. The SMILES string of the molecule is c1ccc(-c2ccc(CN3CCCC(N4CCCC4)C3)cc2)cc1. The minimum Gasteiger partial charge on any atom is -0.299 e. The molecule has 0 radical (unpaired) electrons. The van der Waals surface area contributed by atoms with Crippen molar-refractivity contribution in [1.29, 1.82) is 0 Å². The molecule has 1 unspecified atom stereocenters. The summed E-state index contributed by atoms with van der Waals surface area (Å²) >= 11 is 0. The lowest BCUT2D eigenvalue weighted by atomic mass is 10.0. The molecule has 2 aliphatic heterocycles. The van der Waals surface area contributed by atoms with Crippen molar-refractivity contribution in [2.24, 2.45) is 0 Å². The van der Waals surface area contributed by atoms with Crippen molar-refractivity contribution in [3.8, 4) is 11.1 Å². The van der Waals surface area contributed by atoms with E-state index in [0.717, 1.165) is 12.6 Å². The first-order valence-corrected chi connectivity index (χ1v) is 9.49. The van der Waals surface area contributed by atoms with Gasteiger partial charge in [-0.1, -0.05) is 54.6 Å². The summed E-state index contributed by atoms with van der Waals surface area (Å²) in [5.41, 5.74) is 4.06. The van der Waals surface area contributed by atoms with Gasteiger partial charge in [0.15, 0.2) is 0 Å². The summed E-state index contributed by atoms with van der Waals surface area (Å²) in [6.45, 7) is 6.25. The lowest BCUT2D eigenvalue weighted by Gasteiger charge is -2.37. The normalized spacial score (nSPS) is 22.8. The number of likely N-dealkylation sites (tertiary alicyclic amines) is 2. The molecule has 2 heterocycles. The Morgan fingerprint density at radius 2 is 1.46 bits per heavy atom. The zero-order valence-electron chi connectivity index (χ0n) is 14.5. The average Bonchev–Trinajstić information content (AvgIpc) is 3.18. The van der Waals surface area contributed by atoms with E-state index in [9.17, 15) is 0 Å². The van der Waals surface area contributed by atoms with Crippen LogP contribution in [0.25, 0.3) is 11.1 Å². The molecule has 0 saturated carbocycles. The summed E-state index contributed by atoms with van der Waals surface area (Å²) in [6.07, 6.45) is 5.54. The maximum absolute atomic E-state index is 2.73. The Bertz CT molecular complexity index is 629. The highest BCUT2D eigenvalue weighted by atomic mass is 15.2. The van der Waals surface area contributed by atoms with Gasteiger partial charge in [-0.05, 0) is 62.0 Å². The Labute approximate surface area is 146 Å². The van der Waals surface area contributed by atoms with Gasteiger partial charge in [-0.3, -0.25) is 9.80 Å². The first kappa shape index (κ1) is 15.9. The first-order chi connectivity index (χ1) is 11.9. The number of nitrogens with zero attached hydrogens (tertiary/aromatic N) is 2. The van der Waals surface area contributed by atoms with Crippen molar-refractivity contribution in [3.63, 3.8) is 0 Å². The van der Waals surface area contributed by atoms with Crippen LogP contribution in [0.3, 0.4) is 0 Å². The van der Waals surface area contributed by atoms with E-state index >= 15 is 0 Å². The summed E-state index contributed by atoms with van der Waals surface area (Å²) in [4.78, 5) is 5.38. The third kappa shape index (κ3) is 3.71. The van der Waals surface area contributed by atoms with E-state index in [1.807, 2.05) is 0 Å². The maximum Gasteiger partial charge on any atom is 0.0234 e. The summed E-state index contributed by atoms with van der Waals surface area (Å²) in [7, 11) is 0. The second-order valence-corrected chi connectivity index (χ2v) is 7.34. The van der Waals surface area contributed by atoms with Gasteiger partial charge >= 0.3 is 0 Å². The summed E-state index contributed by atoms with van der Waals surface area (Å²) < 4.78 is 0. The molecule has 0 aliphatic carbocycles. The van der Waals surface area contributed by atoms with Crippen molar-refractivity contribution in [2.75, 3.05) is 26.2 Å². The van der Waals surface area contributed by atoms with Crippen molar-refractivity contribution in [3.05, 3.63) is 60.2 Å². The van der Waals surface area contributed by atoms with Crippen LogP contribution in [-0.2, 0) is 6.54 Å². The maximum atomic E-state index is 2.73. The van der Waals surface area contributed by atoms with E-state index in [1.165, 1.54) is 68.6 Å². The van der Waals surface area contributed by atoms with Crippen molar-refractivity contribution in [1.82, 2.24) is 9.80 Å². The minimum absolute atomic E-state index is 0.796. The third-order valence-electron chi connectivity index (χ3n) is 5.60. The number of rotatable bonds is 4. The van der Waals surface area contributed by atoms with E-state index in [1.54, 1.807) is 0 Å². The molecule has 0 bridgehead atoms. The predicted octanol–water partition coefficient (Wildman–Crippen LogP) is 4.41. The zero-order chi connectivity index (χ0) is 16.2. The Hall–Kier alpha value is -1.64. The van der Waals surface area contributed by atoms with Crippen molar-refractivity contribution >= 4 is 0 Å². The van der Waals surface area contributed by atoms with Gasteiger partial charge in [-0.2, -0.15) is 0 Å². The lowest BCUT2D eigenvalue weighted by molar-refractivity contribution is 0.110. The van der Waals surface area contributed by atoms with Crippen LogP contribution in [0.2, 0.25) is 0 Å². The molecule has 2 nitrogen and oxygen atoms in total. The Morgan fingerprint density at radius 3 is 2.21 bits per heavy atom. The number of hydrogen-bond acceptors (Lipinski definition) is 2. The zero-order valence-corrected chi connectivity index (χ0v) is 14.5. The van der Waals surface area contributed by atoms with Crippen LogP contribution in [0, 0.1) is 0 Å². The highest BCUT2D eigenvalue weighted by Gasteiger charge is 2.26. The van der Waals surface area contributed by atoms with Crippen LogP contribution in [0.15, 0.2) is 54.6 Å². The Kier molecular flexibility index (Phi) is 4.96. The van der Waals surface area contributed by atoms with Crippen LogP contribution < -0.4 is 0 Å². The summed E-state index contributed by atoms with van der Waals surface area (Å²) in [5.74, 6) is 0. The van der Waals surface area contributed by atoms with E-state index in [0.29, 0.717) is 0 Å². The molecule has 1 atom stereocenters. The number of hydrogen-bond donors (Lipinski definition) is 0. The predicted molar refractivity (Wildman–Crippen MR) is 101 cm³/mol. The van der Waals surface area contributed by atoms with Gasteiger partial charge in [-0.15, -0.1) is 0 Å². The van der Waals surface area contributed by atoms with Crippen LogP contribution in [-0.4, -0.2) is 42.0 Å². The second-order valence-electron chi connectivity index (χ2n) is 7.34. The largest absolute Gasteiger partial charge is 0.299 e. The molecule has 0 spiro atoms. The van der Waals surface area contributed by atoms with Gasteiger partial charge in [0.25, 0.3) is 0 Å². The van der Waals surface area contributed by atoms with Gasteiger partial charge in [0.1, 0.15) is 0 Å². The molecule has 2 heteroatoms. The molecule has 2 aromatic rings. The minimum atomic E-state index is 0.796. The van der Waals surface area contributed by atoms with Crippen LogP contribution >= 0.6 is 0 Å². The summed E-state index contributed by atoms with van der Waals surface area (Å²) in [5, 5.41) is 0. The summed E-state index contributed by atoms with van der Waals surface area (Å²) in [6, 6.07) is 20.6. The lowest BCUT2D eigenvalue weighted by Crippen LogP contribution is -2.46. The molecule has 2 saturated heterocycles. The van der Waals surface area contributed by atoms with E-state index < -0.39 is 0 Å². The van der Waals surface area contributed by atoms with Gasteiger partial charge < -0.3 is 0 Å². The highest BCUT2D eigenvalue weighted by molar-refractivity contribution is 5.63. The second kappa shape index (κ2) is 7.50. The van der Waals surface area contributed by atoms with E-state index in [4.69, 9.17) is 0 Å². The molecule has 4 rings (SSSR count). The molecular weight excluding hydrogens is 292 g/mol. The fourth-order valence-corrected chi connectivity index (χ4v) is 4.27. The molecule has 126 valence electrons. The van der Waals surface area contributed by atoms with Gasteiger partial charge in [0.2, 0.25) is 0 Å². The quantitative estimate of drug-likeness (QED) is 0.823. The molecule has 0 aromatic heterocycles. The molecule has 24 heavy (non-hydrogen) atoms. The van der Waals surface area contributed by atoms with E-state index in [2.05, 4.69) is 64.4 Å². The van der Waals surface area contributed by atoms with Gasteiger partial charge in [0.05, 0.1) is 0 Å². The number of piperidine rings is 1. The number of benzene rings is 2. The molecule has 2 fully saturated rings. The van der Waals surface area contributed by atoms with Gasteiger partial charge in [-0.25, -0.2) is 0 Å². The monoisotopic (exact) mass is 320 g/mol. The fourth-order valence-electron chi connectivity index (χ4n) is 4.27. The van der Waals surface area contributed by atoms with Crippen LogP contribution in [0.1, 0.15) is 31.2 Å². The molecular formula is C22H28N2. The Morgan fingerprint density at radius 1 is 0.750 bits per heavy atom. The van der Waals surface area contributed by atoms with Crippen molar-refractivity contribution in [2.45, 2.75) is 38.3 Å². The smallest absolute Gasteiger partial charge is 0.0234 e. The molecule has 0 N–H and O–H groups in total. The molecule has 0 amide bonds. The van der Waals surface area contributed by atoms with Crippen LogP contribution in [0.4, 0.5) is 0 Å². The molecule has 2 aromatic carbocycles. The highest BCUT2D eigenvalue weighted by Crippen LogP contribution is 2.23. The Balaban J connectivity index is 1.38.